The molecule has 94 valence electrons. The van der Waals surface area contributed by atoms with Crippen LogP contribution in [0, 0.1) is 0 Å². The van der Waals surface area contributed by atoms with Crippen LogP contribution >= 0.6 is 15.9 Å². The third kappa shape index (κ3) is 3.53. The second kappa shape index (κ2) is 5.98. The Labute approximate surface area is 112 Å². The number of hydrogen-bond acceptors (Lipinski definition) is 3. The van der Waals surface area contributed by atoms with Crippen LogP contribution in [0.4, 0.5) is 5.69 Å². The number of nitrogens with two attached hydrogens (primary N) is 1. The first-order valence-corrected chi connectivity index (χ1v) is 7.83. The Morgan fingerprint density at radius 2 is 2.35 bits per heavy atom. The molecule has 5 heteroatoms. The van der Waals surface area contributed by atoms with Crippen molar-refractivity contribution in [2.45, 2.75) is 30.3 Å². The van der Waals surface area contributed by atoms with Crippen molar-refractivity contribution in [2.24, 2.45) is 0 Å². The Hall–Kier alpha value is -0.390. The van der Waals surface area contributed by atoms with Gasteiger partial charge in [-0.2, -0.15) is 0 Å². The molecule has 17 heavy (non-hydrogen) atoms. The summed E-state index contributed by atoms with van der Waals surface area (Å²) in [6.07, 6.45) is 3.35. The van der Waals surface area contributed by atoms with E-state index in [2.05, 4.69) is 15.9 Å². The van der Waals surface area contributed by atoms with Crippen LogP contribution < -0.4 is 5.73 Å². The number of anilines is 1. The number of nitrogen functional groups attached to an aromatic ring is 1. The molecule has 0 spiro atoms. The summed E-state index contributed by atoms with van der Waals surface area (Å²) in [5.41, 5.74) is 6.44. The quantitative estimate of drug-likeness (QED) is 0.869. The van der Waals surface area contributed by atoms with E-state index in [4.69, 9.17) is 10.5 Å². The van der Waals surface area contributed by atoms with Gasteiger partial charge >= 0.3 is 0 Å². The van der Waals surface area contributed by atoms with Crippen molar-refractivity contribution >= 4 is 32.4 Å². The van der Waals surface area contributed by atoms with E-state index in [1.54, 1.807) is 6.07 Å². The maximum absolute atomic E-state index is 12.1. The summed E-state index contributed by atoms with van der Waals surface area (Å²) in [4.78, 5) is 0.728. The minimum atomic E-state index is -1.03. The zero-order valence-corrected chi connectivity index (χ0v) is 11.9. The molecule has 0 aromatic heterocycles. The molecule has 0 amide bonds. The molecule has 1 fully saturated rings. The normalized spacial score (nSPS) is 21.6. The molecule has 1 aliphatic heterocycles. The lowest BCUT2D eigenvalue weighted by atomic mass is 10.2. The maximum atomic E-state index is 12.1. The zero-order valence-electron chi connectivity index (χ0n) is 9.52. The molecular formula is C12H16BrNO2S. The van der Waals surface area contributed by atoms with Crippen LogP contribution in [0.25, 0.3) is 0 Å². The van der Waals surface area contributed by atoms with Gasteiger partial charge in [0.2, 0.25) is 0 Å². The summed E-state index contributed by atoms with van der Waals surface area (Å²) in [5.74, 6) is 0.622. The minimum absolute atomic E-state index is 0.288. The van der Waals surface area contributed by atoms with Crippen LogP contribution in [0.3, 0.4) is 0 Å². The van der Waals surface area contributed by atoms with Gasteiger partial charge in [0.15, 0.2) is 0 Å². The van der Waals surface area contributed by atoms with Gasteiger partial charge < -0.3 is 10.5 Å². The summed E-state index contributed by atoms with van der Waals surface area (Å²) in [6.45, 7) is 0.845. The molecule has 1 aromatic carbocycles. The molecule has 1 aliphatic rings. The highest BCUT2D eigenvalue weighted by Gasteiger charge is 2.17. The van der Waals surface area contributed by atoms with Gasteiger partial charge in [0.1, 0.15) is 0 Å². The van der Waals surface area contributed by atoms with Crippen molar-refractivity contribution in [2.75, 3.05) is 18.1 Å². The molecule has 2 unspecified atom stereocenters. The van der Waals surface area contributed by atoms with Gasteiger partial charge in [-0.05, 0) is 37.5 Å². The Balaban J connectivity index is 1.94. The summed E-state index contributed by atoms with van der Waals surface area (Å²) in [7, 11) is -1.03. The highest BCUT2D eigenvalue weighted by Crippen LogP contribution is 2.23. The lowest BCUT2D eigenvalue weighted by molar-refractivity contribution is 0.109. The van der Waals surface area contributed by atoms with Gasteiger partial charge in [0, 0.05) is 22.5 Å². The minimum Gasteiger partial charge on any atom is -0.398 e. The van der Waals surface area contributed by atoms with Crippen molar-refractivity contribution in [3.05, 3.63) is 22.7 Å². The summed E-state index contributed by atoms with van der Waals surface area (Å²) < 4.78 is 18.5. The average molecular weight is 318 g/mol. The lowest BCUT2D eigenvalue weighted by Crippen LogP contribution is -2.11. The van der Waals surface area contributed by atoms with E-state index in [-0.39, 0.29) is 6.10 Å². The fourth-order valence-corrected chi connectivity index (χ4v) is 3.56. The summed E-state index contributed by atoms with van der Waals surface area (Å²) >= 11 is 3.34. The molecule has 1 saturated heterocycles. The fraction of sp³-hybridized carbons (Fsp3) is 0.500. The molecule has 1 aromatic rings. The van der Waals surface area contributed by atoms with Gasteiger partial charge in [-0.15, -0.1) is 0 Å². The zero-order chi connectivity index (χ0) is 12.3. The van der Waals surface area contributed by atoms with Crippen molar-refractivity contribution < 1.29 is 8.95 Å². The first-order chi connectivity index (χ1) is 8.16. The molecule has 2 rings (SSSR count). The summed E-state index contributed by atoms with van der Waals surface area (Å²) in [6, 6.07) is 5.49. The van der Waals surface area contributed by atoms with E-state index < -0.39 is 10.8 Å². The standard InChI is InChI=1S/C12H16BrNO2S/c13-9-3-4-12(11(14)8-9)17(15)7-5-10-2-1-6-16-10/h3-4,8,10H,1-2,5-7,14H2. The van der Waals surface area contributed by atoms with E-state index >= 15 is 0 Å². The van der Waals surface area contributed by atoms with Crippen LogP contribution in [0.5, 0.6) is 0 Å². The molecule has 0 aliphatic carbocycles. The molecule has 0 bridgehead atoms. The topological polar surface area (TPSA) is 52.3 Å². The highest BCUT2D eigenvalue weighted by atomic mass is 79.9. The van der Waals surface area contributed by atoms with E-state index in [1.165, 1.54) is 0 Å². The molecule has 0 saturated carbocycles. The SMILES string of the molecule is Nc1cc(Br)ccc1S(=O)CCC1CCCO1. The van der Waals surface area contributed by atoms with Gasteiger partial charge in [0.25, 0.3) is 0 Å². The fourth-order valence-electron chi connectivity index (χ4n) is 1.95. The third-order valence-corrected chi connectivity index (χ3v) is 4.83. The predicted molar refractivity (Wildman–Crippen MR) is 73.4 cm³/mol. The predicted octanol–water partition coefficient (Wildman–Crippen LogP) is 2.71. The third-order valence-electron chi connectivity index (χ3n) is 2.87. The van der Waals surface area contributed by atoms with Crippen LogP contribution in [0.15, 0.2) is 27.6 Å². The van der Waals surface area contributed by atoms with Gasteiger partial charge in [0.05, 0.1) is 21.8 Å². The molecule has 2 atom stereocenters. The van der Waals surface area contributed by atoms with Crippen molar-refractivity contribution in [3.8, 4) is 0 Å². The van der Waals surface area contributed by atoms with Crippen LogP contribution in [-0.2, 0) is 15.5 Å². The molecule has 1 heterocycles. The Kier molecular flexibility index (Phi) is 4.59. The smallest absolute Gasteiger partial charge is 0.0618 e. The van der Waals surface area contributed by atoms with Crippen LogP contribution in [0.2, 0.25) is 0 Å². The molecule has 2 N–H and O–H groups in total. The van der Waals surface area contributed by atoms with E-state index in [1.807, 2.05) is 12.1 Å². The van der Waals surface area contributed by atoms with E-state index in [0.29, 0.717) is 11.4 Å². The Morgan fingerprint density at radius 3 is 3.00 bits per heavy atom. The molecular weight excluding hydrogens is 302 g/mol. The van der Waals surface area contributed by atoms with Crippen molar-refractivity contribution in [1.29, 1.82) is 0 Å². The molecule has 3 nitrogen and oxygen atoms in total. The second-order valence-electron chi connectivity index (χ2n) is 4.16. The number of hydrogen-bond donors (Lipinski definition) is 1. The van der Waals surface area contributed by atoms with Gasteiger partial charge in [-0.1, -0.05) is 15.9 Å². The Bertz CT molecular complexity index is 419. The van der Waals surface area contributed by atoms with Gasteiger partial charge in [-0.25, -0.2) is 0 Å². The second-order valence-corrected chi connectivity index (χ2v) is 6.61. The van der Waals surface area contributed by atoms with Crippen LogP contribution in [0.1, 0.15) is 19.3 Å². The summed E-state index contributed by atoms with van der Waals surface area (Å²) in [5, 5.41) is 0. The number of halogens is 1. The average Bonchev–Trinajstić information content (AvgIpc) is 2.78. The first-order valence-electron chi connectivity index (χ1n) is 5.72. The molecule has 0 radical (unpaired) electrons. The largest absolute Gasteiger partial charge is 0.398 e. The highest BCUT2D eigenvalue weighted by molar-refractivity contribution is 9.10. The van der Waals surface area contributed by atoms with Crippen molar-refractivity contribution in [1.82, 2.24) is 0 Å². The number of rotatable bonds is 4. The first kappa shape index (κ1) is 13.1. The maximum Gasteiger partial charge on any atom is 0.0618 e. The lowest BCUT2D eigenvalue weighted by Gasteiger charge is -2.10. The van der Waals surface area contributed by atoms with Crippen molar-refractivity contribution in [3.63, 3.8) is 0 Å². The Morgan fingerprint density at radius 1 is 1.53 bits per heavy atom. The number of ether oxygens (including phenoxy) is 1. The van der Waals surface area contributed by atoms with E-state index in [9.17, 15) is 4.21 Å². The number of benzene rings is 1. The van der Waals surface area contributed by atoms with E-state index in [0.717, 1.165) is 35.2 Å². The van der Waals surface area contributed by atoms with Crippen LogP contribution in [-0.4, -0.2) is 22.7 Å². The monoisotopic (exact) mass is 317 g/mol. The van der Waals surface area contributed by atoms with Gasteiger partial charge in [-0.3, -0.25) is 4.21 Å².